The van der Waals surface area contributed by atoms with Crippen molar-refractivity contribution in [1.82, 2.24) is 15.1 Å². The lowest BCUT2D eigenvalue weighted by Gasteiger charge is -2.09. The van der Waals surface area contributed by atoms with Crippen LogP contribution in [0.1, 0.15) is 16.1 Å². The van der Waals surface area contributed by atoms with E-state index in [9.17, 15) is 9.18 Å². The highest BCUT2D eigenvalue weighted by atomic mass is 35.5. The lowest BCUT2D eigenvalue weighted by atomic mass is 10.1. The normalized spacial score (nSPS) is 10.7. The lowest BCUT2D eigenvalue weighted by Crippen LogP contribution is -2.25. The van der Waals surface area contributed by atoms with Gasteiger partial charge in [-0.25, -0.2) is 9.07 Å². The van der Waals surface area contributed by atoms with Gasteiger partial charge in [0.1, 0.15) is 17.3 Å². The molecule has 1 aromatic heterocycles. The van der Waals surface area contributed by atoms with E-state index in [1.165, 1.54) is 12.1 Å². The minimum atomic E-state index is -0.322. The Morgan fingerprint density at radius 2 is 1.77 bits per heavy atom. The Labute approximate surface area is 184 Å². The molecule has 0 spiro atoms. The van der Waals surface area contributed by atoms with Crippen LogP contribution in [-0.2, 0) is 6.54 Å². The first kappa shape index (κ1) is 20.6. The number of carbonyl (C=O) groups is 1. The summed E-state index contributed by atoms with van der Waals surface area (Å²) in [7, 11) is 1.59. The maximum atomic E-state index is 13.1. The van der Waals surface area contributed by atoms with E-state index in [0.717, 1.165) is 11.1 Å². The first-order chi connectivity index (χ1) is 15.0. The van der Waals surface area contributed by atoms with Crippen LogP contribution in [0, 0.1) is 5.82 Å². The molecule has 0 saturated carbocycles. The van der Waals surface area contributed by atoms with Gasteiger partial charge in [-0.1, -0.05) is 41.9 Å². The molecule has 1 N–H and O–H groups in total. The van der Waals surface area contributed by atoms with Gasteiger partial charge in [0.05, 0.1) is 23.5 Å². The van der Waals surface area contributed by atoms with E-state index < -0.39 is 0 Å². The number of hydrogen-bond donors (Lipinski definition) is 1. The van der Waals surface area contributed by atoms with E-state index in [-0.39, 0.29) is 18.3 Å². The number of nitrogens with zero attached hydrogens (tertiary/aromatic N) is 2. The van der Waals surface area contributed by atoms with E-state index in [1.807, 2.05) is 30.3 Å². The molecule has 1 heterocycles. The van der Waals surface area contributed by atoms with Gasteiger partial charge >= 0.3 is 0 Å². The first-order valence-electron chi connectivity index (χ1n) is 9.57. The van der Waals surface area contributed by atoms with Crippen LogP contribution in [0.5, 0.6) is 5.75 Å². The second-order valence-corrected chi connectivity index (χ2v) is 7.22. The molecule has 1 amide bonds. The Morgan fingerprint density at radius 3 is 2.45 bits per heavy atom. The minimum absolute atomic E-state index is 0.258. The van der Waals surface area contributed by atoms with Crippen LogP contribution in [0.15, 0.2) is 78.9 Å². The zero-order chi connectivity index (χ0) is 21.8. The van der Waals surface area contributed by atoms with Crippen LogP contribution < -0.4 is 10.1 Å². The average Bonchev–Trinajstić information content (AvgIpc) is 3.24. The molecule has 0 saturated heterocycles. The molecule has 0 aliphatic heterocycles. The average molecular weight is 436 g/mol. The van der Waals surface area contributed by atoms with Crippen molar-refractivity contribution in [2.75, 3.05) is 7.11 Å². The molecule has 0 aliphatic rings. The van der Waals surface area contributed by atoms with E-state index in [4.69, 9.17) is 16.3 Å². The molecular formula is C24H19ClFN3O2. The van der Waals surface area contributed by atoms with Gasteiger partial charge in [0.2, 0.25) is 0 Å². The quantitative estimate of drug-likeness (QED) is 0.449. The van der Waals surface area contributed by atoms with Gasteiger partial charge in [0.25, 0.3) is 5.91 Å². The number of nitrogens with one attached hydrogen (secondary N) is 1. The van der Waals surface area contributed by atoms with Gasteiger partial charge in [-0.3, -0.25) is 4.79 Å². The van der Waals surface area contributed by atoms with E-state index in [0.29, 0.717) is 27.8 Å². The van der Waals surface area contributed by atoms with Crippen molar-refractivity contribution in [3.05, 3.63) is 101 Å². The van der Waals surface area contributed by atoms with Gasteiger partial charge < -0.3 is 10.1 Å². The molecule has 5 nitrogen and oxygen atoms in total. The predicted molar refractivity (Wildman–Crippen MR) is 118 cm³/mol. The lowest BCUT2D eigenvalue weighted by molar-refractivity contribution is 0.0943. The van der Waals surface area contributed by atoms with Gasteiger partial charge in [0.15, 0.2) is 0 Å². The Morgan fingerprint density at radius 1 is 1.06 bits per heavy atom. The summed E-state index contributed by atoms with van der Waals surface area (Å²) in [6.45, 7) is 0.258. The molecule has 0 bridgehead atoms. The topological polar surface area (TPSA) is 56.2 Å². The standard InChI is InChI=1S/C24H19ClFN3O2/c1-31-19-12-10-18(11-13-19)29-23(14-22(28-29)20-4-2-3-5-21(20)25)24(30)27-15-16-6-8-17(26)9-7-16/h2-14H,15H2,1H3,(H,27,30). The summed E-state index contributed by atoms with van der Waals surface area (Å²) in [6.07, 6.45) is 0. The SMILES string of the molecule is COc1ccc(-n2nc(-c3ccccc3Cl)cc2C(=O)NCc2ccc(F)cc2)cc1. The number of carbonyl (C=O) groups excluding carboxylic acids is 1. The van der Waals surface area contributed by atoms with E-state index in [2.05, 4.69) is 10.4 Å². The molecule has 0 fully saturated rings. The molecule has 0 aliphatic carbocycles. The molecule has 4 aromatic rings. The molecule has 31 heavy (non-hydrogen) atoms. The maximum Gasteiger partial charge on any atom is 0.270 e. The molecule has 4 rings (SSSR count). The second kappa shape index (κ2) is 9.02. The largest absolute Gasteiger partial charge is 0.497 e. The summed E-state index contributed by atoms with van der Waals surface area (Å²) < 4.78 is 19.9. The summed E-state index contributed by atoms with van der Waals surface area (Å²) >= 11 is 6.34. The fourth-order valence-corrected chi connectivity index (χ4v) is 3.37. The minimum Gasteiger partial charge on any atom is -0.497 e. The van der Waals surface area contributed by atoms with Gasteiger partial charge in [-0.2, -0.15) is 5.10 Å². The molecule has 0 atom stereocenters. The number of hydrogen-bond acceptors (Lipinski definition) is 3. The molecule has 0 unspecified atom stereocenters. The number of aromatic nitrogens is 2. The molecule has 7 heteroatoms. The first-order valence-corrected chi connectivity index (χ1v) is 9.95. The van der Waals surface area contributed by atoms with Crippen LogP contribution in [0.3, 0.4) is 0 Å². The second-order valence-electron chi connectivity index (χ2n) is 6.81. The summed E-state index contributed by atoms with van der Waals surface area (Å²) in [4.78, 5) is 13.0. The predicted octanol–water partition coefficient (Wildman–Crippen LogP) is 5.27. The third-order valence-electron chi connectivity index (χ3n) is 4.78. The number of methoxy groups -OCH3 is 1. The fourth-order valence-electron chi connectivity index (χ4n) is 3.14. The summed E-state index contributed by atoms with van der Waals surface area (Å²) in [5.41, 5.74) is 3.14. The van der Waals surface area contributed by atoms with Gasteiger partial charge in [0, 0.05) is 12.1 Å². The van der Waals surface area contributed by atoms with Crippen molar-refractivity contribution in [2.24, 2.45) is 0 Å². The summed E-state index contributed by atoms with van der Waals surface area (Å²) in [6, 6.07) is 22.2. The van der Waals surface area contributed by atoms with E-state index >= 15 is 0 Å². The molecule has 3 aromatic carbocycles. The third kappa shape index (κ3) is 4.59. The zero-order valence-corrected chi connectivity index (χ0v) is 17.4. The Balaban J connectivity index is 1.69. The molecule has 156 valence electrons. The van der Waals surface area contributed by atoms with Gasteiger partial charge in [-0.15, -0.1) is 0 Å². The van der Waals surface area contributed by atoms with Crippen molar-refractivity contribution in [3.63, 3.8) is 0 Å². The highest BCUT2D eigenvalue weighted by Gasteiger charge is 2.19. The van der Waals surface area contributed by atoms with Crippen LogP contribution in [0.2, 0.25) is 5.02 Å². The summed E-state index contributed by atoms with van der Waals surface area (Å²) in [5.74, 6) is 0.0625. The number of benzene rings is 3. The smallest absolute Gasteiger partial charge is 0.270 e. The third-order valence-corrected chi connectivity index (χ3v) is 5.10. The molecule has 0 radical (unpaired) electrons. The number of amides is 1. The zero-order valence-electron chi connectivity index (χ0n) is 16.7. The van der Waals surface area contributed by atoms with Crippen LogP contribution in [-0.4, -0.2) is 22.8 Å². The van der Waals surface area contributed by atoms with Crippen LogP contribution >= 0.6 is 11.6 Å². The van der Waals surface area contributed by atoms with Crippen LogP contribution in [0.4, 0.5) is 4.39 Å². The highest BCUT2D eigenvalue weighted by Crippen LogP contribution is 2.28. The number of halogens is 2. The summed E-state index contributed by atoms with van der Waals surface area (Å²) in [5, 5.41) is 8.04. The van der Waals surface area contributed by atoms with Crippen molar-refractivity contribution in [3.8, 4) is 22.7 Å². The Hall–Kier alpha value is -3.64. The van der Waals surface area contributed by atoms with Crippen molar-refractivity contribution in [1.29, 1.82) is 0 Å². The van der Waals surface area contributed by atoms with Crippen LogP contribution in [0.25, 0.3) is 16.9 Å². The number of rotatable bonds is 6. The Bertz CT molecular complexity index is 1200. The van der Waals surface area contributed by atoms with Crippen molar-refractivity contribution >= 4 is 17.5 Å². The maximum absolute atomic E-state index is 13.1. The van der Waals surface area contributed by atoms with Crippen molar-refractivity contribution in [2.45, 2.75) is 6.54 Å². The van der Waals surface area contributed by atoms with Gasteiger partial charge in [-0.05, 0) is 54.1 Å². The van der Waals surface area contributed by atoms with Crippen molar-refractivity contribution < 1.29 is 13.9 Å². The number of ether oxygens (including phenoxy) is 1. The Kier molecular flexibility index (Phi) is 6.00. The van der Waals surface area contributed by atoms with E-state index in [1.54, 1.807) is 48.2 Å². The monoisotopic (exact) mass is 435 g/mol. The fraction of sp³-hybridized carbons (Fsp3) is 0.0833. The molecular weight excluding hydrogens is 417 g/mol. The highest BCUT2D eigenvalue weighted by molar-refractivity contribution is 6.33.